The molecule has 0 aromatic carbocycles. The van der Waals surface area contributed by atoms with Crippen LogP contribution < -0.4 is 0 Å². The van der Waals surface area contributed by atoms with Gasteiger partial charge in [-0.05, 0) is 24.7 Å². The summed E-state index contributed by atoms with van der Waals surface area (Å²) in [6, 6.07) is 0. The van der Waals surface area contributed by atoms with Crippen molar-refractivity contribution in [2.75, 3.05) is 0 Å². The largest absolute Gasteiger partial charge is 0.481 e. The molecule has 0 heterocycles. The van der Waals surface area contributed by atoms with E-state index in [1.165, 1.54) is 12.2 Å². The Kier molecular flexibility index (Phi) is 9.99. The number of esters is 2. The molecule has 2 atom stereocenters. The smallest absolute Gasteiger partial charge is 0.313 e. The zero-order valence-corrected chi connectivity index (χ0v) is 12.9. The molecule has 0 saturated heterocycles. The summed E-state index contributed by atoms with van der Waals surface area (Å²) in [5, 5.41) is 17.5. The van der Waals surface area contributed by atoms with Gasteiger partial charge in [-0.25, -0.2) is 0 Å². The highest BCUT2D eigenvalue weighted by Crippen LogP contribution is 2.18. The molecule has 0 spiro atoms. The summed E-state index contributed by atoms with van der Waals surface area (Å²) in [7, 11) is 0. The van der Waals surface area contributed by atoms with E-state index in [2.05, 4.69) is 17.9 Å². The predicted molar refractivity (Wildman–Crippen MR) is 81.4 cm³/mol. The summed E-state index contributed by atoms with van der Waals surface area (Å²) < 4.78 is 4.63. The number of carbonyl (C=O) groups excluding carboxylic acids is 2. The molecule has 0 rings (SSSR count). The fraction of sp³-hybridized carbons (Fsp3) is 0.500. The second kappa shape index (κ2) is 11.2. The Hall–Kier alpha value is -2.44. The van der Waals surface area contributed by atoms with E-state index < -0.39 is 35.7 Å². The summed E-state index contributed by atoms with van der Waals surface area (Å²) in [6.07, 6.45) is 2.73. The minimum atomic E-state index is -1.05. The third kappa shape index (κ3) is 10.9. The second-order valence-electron chi connectivity index (χ2n) is 5.23. The minimum absolute atomic E-state index is 0.213. The molecule has 2 unspecified atom stereocenters. The Morgan fingerprint density at radius 1 is 0.783 bits per heavy atom. The van der Waals surface area contributed by atoms with Crippen molar-refractivity contribution in [1.29, 1.82) is 0 Å². The molecule has 7 heteroatoms. The molecule has 23 heavy (non-hydrogen) atoms. The van der Waals surface area contributed by atoms with E-state index in [9.17, 15) is 19.2 Å². The van der Waals surface area contributed by atoms with Crippen molar-refractivity contribution in [2.24, 2.45) is 11.8 Å². The number of allylic oxidation sites excluding steroid dienone is 2. The first kappa shape index (κ1) is 20.6. The number of hydrogen-bond acceptors (Lipinski definition) is 5. The van der Waals surface area contributed by atoms with Crippen LogP contribution in [-0.2, 0) is 23.9 Å². The van der Waals surface area contributed by atoms with Gasteiger partial charge in [0.2, 0.25) is 0 Å². The van der Waals surface area contributed by atoms with Gasteiger partial charge < -0.3 is 14.9 Å². The SMILES string of the molecule is C=CCC(CC(=O)O)CC(=O)OC(=O)CC(CC=C)CC(=O)O. The number of carboxylic acid groups (broad SMARTS) is 2. The van der Waals surface area contributed by atoms with Crippen molar-refractivity contribution in [2.45, 2.75) is 38.5 Å². The van der Waals surface area contributed by atoms with Gasteiger partial charge in [-0.2, -0.15) is 0 Å². The van der Waals surface area contributed by atoms with Crippen LogP contribution in [0.1, 0.15) is 38.5 Å². The zero-order valence-electron chi connectivity index (χ0n) is 12.9. The van der Waals surface area contributed by atoms with Gasteiger partial charge in [-0.1, -0.05) is 12.2 Å². The van der Waals surface area contributed by atoms with Crippen LogP contribution in [0.2, 0.25) is 0 Å². The fourth-order valence-corrected chi connectivity index (χ4v) is 2.12. The first-order valence-electron chi connectivity index (χ1n) is 7.17. The van der Waals surface area contributed by atoms with Crippen LogP contribution in [0.15, 0.2) is 25.3 Å². The van der Waals surface area contributed by atoms with Gasteiger partial charge in [0.15, 0.2) is 0 Å². The fourth-order valence-electron chi connectivity index (χ4n) is 2.12. The van der Waals surface area contributed by atoms with E-state index in [0.29, 0.717) is 12.8 Å². The average Bonchev–Trinajstić information content (AvgIpc) is 2.36. The molecule has 0 aromatic heterocycles. The van der Waals surface area contributed by atoms with Gasteiger partial charge >= 0.3 is 23.9 Å². The molecule has 0 fully saturated rings. The Labute approximate surface area is 134 Å². The van der Waals surface area contributed by atoms with Crippen LogP contribution in [0.5, 0.6) is 0 Å². The van der Waals surface area contributed by atoms with Gasteiger partial charge in [-0.3, -0.25) is 19.2 Å². The van der Waals surface area contributed by atoms with Crippen LogP contribution >= 0.6 is 0 Å². The first-order valence-corrected chi connectivity index (χ1v) is 7.17. The highest BCUT2D eigenvalue weighted by atomic mass is 16.6. The number of carboxylic acids is 2. The van der Waals surface area contributed by atoms with E-state index >= 15 is 0 Å². The zero-order chi connectivity index (χ0) is 17.8. The Morgan fingerprint density at radius 3 is 1.39 bits per heavy atom. The van der Waals surface area contributed by atoms with Crippen molar-refractivity contribution in [1.82, 2.24) is 0 Å². The maximum absolute atomic E-state index is 11.7. The number of carbonyl (C=O) groups is 4. The summed E-state index contributed by atoms with van der Waals surface area (Å²) in [6.45, 7) is 6.97. The monoisotopic (exact) mass is 326 g/mol. The summed E-state index contributed by atoms with van der Waals surface area (Å²) in [4.78, 5) is 44.7. The first-order chi connectivity index (χ1) is 10.8. The third-order valence-electron chi connectivity index (χ3n) is 3.06. The second-order valence-corrected chi connectivity index (χ2v) is 5.23. The Balaban J connectivity index is 4.47. The molecule has 0 aromatic rings. The van der Waals surface area contributed by atoms with Crippen LogP contribution in [-0.4, -0.2) is 34.1 Å². The molecule has 0 amide bonds. The average molecular weight is 326 g/mol. The van der Waals surface area contributed by atoms with E-state index in [1.54, 1.807) is 0 Å². The minimum Gasteiger partial charge on any atom is -0.481 e. The van der Waals surface area contributed by atoms with Gasteiger partial charge in [0.25, 0.3) is 0 Å². The standard InChI is InChI=1S/C16H22O7/c1-3-5-11(7-13(17)18)9-15(21)23-16(22)10-12(6-4-2)8-14(19)20/h3-4,11-12H,1-2,5-10H2,(H,17,18)(H,19,20). The molecule has 128 valence electrons. The van der Waals surface area contributed by atoms with Crippen LogP contribution in [0.4, 0.5) is 0 Å². The van der Waals surface area contributed by atoms with Crippen molar-refractivity contribution in [3.63, 3.8) is 0 Å². The summed E-state index contributed by atoms with van der Waals surface area (Å²) >= 11 is 0. The molecule has 0 saturated carbocycles. The normalized spacial score (nSPS) is 12.7. The molecular weight excluding hydrogens is 304 g/mol. The van der Waals surface area contributed by atoms with Gasteiger partial charge in [0.05, 0.1) is 0 Å². The molecule has 0 aliphatic carbocycles. The number of ether oxygens (including phenoxy) is 1. The lowest BCUT2D eigenvalue weighted by Crippen LogP contribution is -2.20. The van der Waals surface area contributed by atoms with Gasteiger partial charge in [0.1, 0.15) is 0 Å². The van der Waals surface area contributed by atoms with E-state index in [1.807, 2.05) is 0 Å². The lowest BCUT2D eigenvalue weighted by molar-refractivity contribution is -0.161. The maximum atomic E-state index is 11.7. The number of aliphatic carboxylic acids is 2. The van der Waals surface area contributed by atoms with E-state index in [0.717, 1.165) is 0 Å². The number of hydrogen-bond donors (Lipinski definition) is 2. The highest BCUT2D eigenvalue weighted by molar-refractivity contribution is 5.86. The highest BCUT2D eigenvalue weighted by Gasteiger charge is 2.22. The maximum Gasteiger partial charge on any atom is 0.313 e. The lowest BCUT2D eigenvalue weighted by atomic mass is 9.97. The van der Waals surface area contributed by atoms with E-state index in [4.69, 9.17) is 10.2 Å². The molecule has 7 nitrogen and oxygen atoms in total. The predicted octanol–water partition coefficient (Wildman–Crippen LogP) is 2.17. The van der Waals surface area contributed by atoms with Crippen LogP contribution in [0, 0.1) is 11.8 Å². The van der Waals surface area contributed by atoms with Crippen molar-refractivity contribution >= 4 is 23.9 Å². The van der Waals surface area contributed by atoms with Crippen molar-refractivity contribution in [3.05, 3.63) is 25.3 Å². The Morgan fingerprint density at radius 2 is 1.13 bits per heavy atom. The summed E-state index contributed by atoms with van der Waals surface area (Å²) in [5.74, 6) is -4.74. The van der Waals surface area contributed by atoms with Gasteiger partial charge in [0, 0.05) is 25.7 Å². The van der Waals surface area contributed by atoms with E-state index in [-0.39, 0.29) is 25.7 Å². The van der Waals surface area contributed by atoms with Crippen molar-refractivity contribution in [3.8, 4) is 0 Å². The molecule has 0 bridgehead atoms. The Bertz CT molecular complexity index is 425. The van der Waals surface area contributed by atoms with Crippen LogP contribution in [0.3, 0.4) is 0 Å². The molecule has 0 aliphatic heterocycles. The molecule has 0 radical (unpaired) electrons. The number of rotatable bonds is 12. The van der Waals surface area contributed by atoms with Gasteiger partial charge in [-0.15, -0.1) is 13.2 Å². The van der Waals surface area contributed by atoms with Crippen LogP contribution in [0.25, 0.3) is 0 Å². The molecule has 2 N–H and O–H groups in total. The molecule has 0 aliphatic rings. The lowest BCUT2D eigenvalue weighted by Gasteiger charge is -2.13. The van der Waals surface area contributed by atoms with Crippen molar-refractivity contribution < 1.29 is 34.1 Å². The molecular formula is C16H22O7. The third-order valence-corrected chi connectivity index (χ3v) is 3.06. The topological polar surface area (TPSA) is 118 Å². The summed E-state index contributed by atoms with van der Waals surface area (Å²) in [5.41, 5.74) is 0. The quantitative estimate of drug-likeness (QED) is 0.320.